The molecule has 1 heterocycles. The summed E-state index contributed by atoms with van der Waals surface area (Å²) in [4.78, 5) is 14.6. The normalized spacial score (nSPS) is 10.6. The number of hydrogen-bond donors (Lipinski definition) is 0. The van der Waals surface area contributed by atoms with Crippen LogP contribution in [0.15, 0.2) is 6.20 Å². The van der Waals surface area contributed by atoms with Gasteiger partial charge in [-0.15, -0.1) is 0 Å². The number of halogens is 3. The highest BCUT2D eigenvalue weighted by Crippen LogP contribution is 2.29. The second kappa shape index (κ2) is 5.21. The zero-order valence-corrected chi connectivity index (χ0v) is 9.52. The van der Waals surface area contributed by atoms with Gasteiger partial charge in [0.1, 0.15) is 5.69 Å². The van der Waals surface area contributed by atoms with E-state index in [1.54, 1.807) is 6.92 Å². The largest absolute Gasteiger partial charge is 0.469 e. The maximum Gasteiger partial charge on any atom is 0.310 e. The highest BCUT2D eigenvalue weighted by molar-refractivity contribution is 6.32. The molecular weight excluding hydrogens is 240 g/mol. The number of rotatable bonds is 3. The molecule has 0 amide bonds. The Hall–Kier alpha value is -1.23. The van der Waals surface area contributed by atoms with Crippen molar-refractivity contribution >= 4 is 17.6 Å². The lowest BCUT2D eigenvalue weighted by Crippen LogP contribution is -2.08. The molecule has 88 valence electrons. The van der Waals surface area contributed by atoms with Crippen molar-refractivity contribution in [3.05, 3.63) is 28.0 Å². The highest BCUT2D eigenvalue weighted by atomic mass is 35.5. The molecular formula is C10H10ClF2NO2. The number of carbonyl (C=O) groups is 1. The zero-order valence-electron chi connectivity index (χ0n) is 8.76. The van der Waals surface area contributed by atoms with Crippen LogP contribution in [0.1, 0.15) is 23.2 Å². The van der Waals surface area contributed by atoms with Crippen LogP contribution < -0.4 is 0 Å². The summed E-state index contributed by atoms with van der Waals surface area (Å²) in [5.74, 6) is -0.531. The number of pyridine rings is 1. The Morgan fingerprint density at radius 1 is 1.62 bits per heavy atom. The van der Waals surface area contributed by atoms with Crippen molar-refractivity contribution < 1.29 is 18.3 Å². The number of esters is 1. The van der Waals surface area contributed by atoms with Crippen molar-refractivity contribution in [1.29, 1.82) is 0 Å². The van der Waals surface area contributed by atoms with Gasteiger partial charge < -0.3 is 4.74 Å². The Morgan fingerprint density at radius 2 is 2.25 bits per heavy atom. The van der Waals surface area contributed by atoms with E-state index < -0.39 is 18.1 Å². The van der Waals surface area contributed by atoms with Crippen LogP contribution in [0.25, 0.3) is 0 Å². The number of aryl methyl sites for hydroxylation is 1. The lowest BCUT2D eigenvalue weighted by molar-refractivity contribution is -0.139. The van der Waals surface area contributed by atoms with Gasteiger partial charge in [-0.1, -0.05) is 11.6 Å². The summed E-state index contributed by atoms with van der Waals surface area (Å²) >= 11 is 5.76. The van der Waals surface area contributed by atoms with E-state index in [4.69, 9.17) is 11.6 Å². The molecule has 6 heteroatoms. The summed E-state index contributed by atoms with van der Waals surface area (Å²) in [5, 5.41) is -0.166. The third-order valence-electron chi connectivity index (χ3n) is 2.12. The first-order valence-electron chi connectivity index (χ1n) is 4.46. The van der Waals surface area contributed by atoms with Crippen LogP contribution in [0.2, 0.25) is 5.02 Å². The van der Waals surface area contributed by atoms with Gasteiger partial charge >= 0.3 is 5.97 Å². The van der Waals surface area contributed by atoms with Crippen molar-refractivity contribution in [2.75, 3.05) is 7.11 Å². The minimum Gasteiger partial charge on any atom is -0.469 e. The minimum atomic E-state index is -2.76. The molecule has 1 aromatic heterocycles. The van der Waals surface area contributed by atoms with E-state index in [0.29, 0.717) is 11.1 Å². The van der Waals surface area contributed by atoms with Gasteiger partial charge in [-0.25, -0.2) is 8.78 Å². The van der Waals surface area contributed by atoms with E-state index in [-0.39, 0.29) is 11.4 Å². The number of hydrogen-bond acceptors (Lipinski definition) is 3. The Balaban J connectivity index is 3.16. The van der Waals surface area contributed by atoms with Crippen molar-refractivity contribution in [2.45, 2.75) is 19.8 Å². The summed E-state index contributed by atoms with van der Waals surface area (Å²) in [6.45, 7) is 1.65. The predicted octanol–water partition coefficient (Wildman–Crippen LogP) is 2.70. The third kappa shape index (κ3) is 2.66. The van der Waals surface area contributed by atoms with Crippen molar-refractivity contribution in [3.8, 4) is 0 Å². The van der Waals surface area contributed by atoms with Crippen LogP contribution in [0.3, 0.4) is 0 Å². The van der Waals surface area contributed by atoms with E-state index in [1.165, 1.54) is 13.3 Å². The lowest BCUT2D eigenvalue weighted by atomic mass is 10.1. The quantitative estimate of drug-likeness (QED) is 0.773. The van der Waals surface area contributed by atoms with E-state index in [9.17, 15) is 13.6 Å². The lowest BCUT2D eigenvalue weighted by Gasteiger charge is -2.10. The Labute approximate surface area is 96.4 Å². The van der Waals surface area contributed by atoms with Crippen LogP contribution in [-0.4, -0.2) is 18.1 Å². The molecule has 1 aromatic rings. The van der Waals surface area contributed by atoms with E-state index in [1.807, 2.05) is 0 Å². The fraction of sp³-hybridized carbons (Fsp3) is 0.400. The first-order chi connectivity index (χ1) is 7.47. The molecule has 0 saturated carbocycles. The molecule has 0 aliphatic rings. The molecule has 0 spiro atoms. The van der Waals surface area contributed by atoms with Crippen LogP contribution in [0, 0.1) is 6.92 Å². The first-order valence-corrected chi connectivity index (χ1v) is 4.84. The van der Waals surface area contributed by atoms with Crippen molar-refractivity contribution in [2.24, 2.45) is 0 Å². The van der Waals surface area contributed by atoms with Crippen LogP contribution >= 0.6 is 11.6 Å². The maximum atomic E-state index is 12.5. The average molecular weight is 250 g/mol. The second-order valence-electron chi connectivity index (χ2n) is 3.17. The number of methoxy groups -OCH3 is 1. The van der Waals surface area contributed by atoms with Crippen molar-refractivity contribution in [1.82, 2.24) is 4.98 Å². The molecule has 0 aliphatic carbocycles. The summed E-state index contributed by atoms with van der Waals surface area (Å²) in [6.07, 6.45) is -1.63. The standard InChI is InChI=1S/C10H10ClF2NO2/c1-5-4-14-9(10(12)13)8(11)6(5)3-7(15)16-2/h4,10H,3H2,1-2H3. The molecule has 0 aliphatic heterocycles. The summed E-state index contributed by atoms with van der Waals surface area (Å²) in [7, 11) is 1.22. The zero-order chi connectivity index (χ0) is 12.3. The fourth-order valence-corrected chi connectivity index (χ4v) is 1.56. The van der Waals surface area contributed by atoms with Gasteiger partial charge in [0.05, 0.1) is 18.6 Å². The number of alkyl halides is 2. The van der Waals surface area contributed by atoms with Gasteiger partial charge in [-0.2, -0.15) is 0 Å². The summed E-state index contributed by atoms with van der Waals surface area (Å²) in [5.41, 5.74) is 0.407. The highest BCUT2D eigenvalue weighted by Gasteiger charge is 2.19. The monoisotopic (exact) mass is 249 g/mol. The van der Waals surface area contributed by atoms with Gasteiger partial charge in [0.25, 0.3) is 6.43 Å². The van der Waals surface area contributed by atoms with Crippen LogP contribution in [-0.2, 0) is 16.0 Å². The number of aromatic nitrogens is 1. The number of carbonyl (C=O) groups excluding carboxylic acids is 1. The Bertz CT molecular complexity index is 410. The topological polar surface area (TPSA) is 39.2 Å². The number of ether oxygens (including phenoxy) is 1. The van der Waals surface area contributed by atoms with Gasteiger partial charge in [-0.05, 0) is 18.1 Å². The fourth-order valence-electron chi connectivity index (χ4n) is 1.21. The molecule has 0 radical (unpaired) electrons. The van der Waals surface area contributed by atoms with Gasteiger partial charge in [0.15, 0.2) is 0 Å². The second-order valence-corrected chi connectivity index (χ2v) is 3.55. The molecule has 0 saturated heterocycles. The molecule has 0 aromatic carbocycles. The van der Waals surface area contributed by atoms with Gasteiger partial charge in [0, 0.05) is 6.20 Å². The maximum absolute atomic E-state index is 12.5. The molecule has 3 nitrogen and oxygen atoms in total. The first kappa shape index (κ1) is 12.8. The molecule has 0 unspecified atom stereocenters. The molecule has 16 heavy (non-hydrogen) atoms. The van der Waals surface area contributed by atoms with E-state index in [0.717, 1.165) is 0 Å². The van der Waals surface area contributed by atoms with E-state index >= 15 is 0 Å². The average Bonchev–Trinajstić information content (AvgIpc) is 2.23. The summed E-state index contributed by atoms with van der Waals surface area (Å²) < 4.78 is 29.5. The minimum absolute atomic E-state index is 0.136. The number of nitrogens with zero attached hydrogens (tertiary/aromatic N) is 1. The van der Waals surface area contributed by atoms with Crippen LogP contribution in [0.5, 0.6) is 0 Å². The third-order valence-corrected chi connectivity index (χ3v) is 2.54. The SMILES string of the molecule is COC(=O)Cc1c(C)cnc(C(F)F)c1Cl. The predicted molar refractivity (Wildman–Crippen MR) is 54.7 cm³/mol. The smallest absolute Gasteiger partial charge is 0.310 e. The Morgan fingerprint density at radius 3 is 2.75 bits per heavy atom. The molecule has 0 fully saturated rings. The molecule has 0 bridgehead atoms. The summed E-state index contributed by atoms with van der Waals surface area (Å²) in [6, 6.07) is 0. The molecule has 0 atom stereocenters. The molecule has 0 N–H and O–H groups in total. The van der Waals surface area contributed by atoms with Gasteiger partial charge in [0.2, 0.25) is 0 Å². The van der Waals surface area contributed by atoms with E-state index in [2.05, 4.69) is 9.72 Å². The molecule has 1 rings (SSSR count). The van der Waals surface area contributed by atoms with Crippen molar-refractivity contribution in [3.63, 3.8) is 0 Å². The Kier molecular flexibility index (Phi) is 4.18. The van der Waals surface area contributed by atoms with Gasteiger partial charge in [-0.3, -0.25) is 9.78 Å². The van der Waals surface area contributed by atoms with Crippen LogP contribution in [0.4, 0.5) is 8.78 Å².